The second-order valence-corrected chi connectivity index (χ2v) is 3.68. The number of hydrogen-bond donors (Lipinski definition) is 0. The molecule has 0 amide bonds. The zero-order valence-corrected chi connectivity index (χ0v) is 9.03. The first kappa shape index (κ1) is 9.97. The lowest BCUT2D eigenvalue weighted by molar-refractivity contribution is 0.922. The molecule has 0 aromatic heterocycles. The average molecular weight is 195 g/mol. The Labute approximate surface area is 91.6 Å². The van der Waals surface area contributed by atoms with Gasteiger partial charge in [-0.2, -0.15) is 0 Å². The molecule has 0 N–H and O–H groups in total. The van der Waals surface area contributed by atoms with Crippen molar-refractivity contribution >= 4 is 0 Å². The van der Waals surface area contributed by atoms with Gasteiger partial charge in [-0.15, -0.1) is 0 Å². The molecule has 0 saturated heterocycles. The Morgan fingerprint density at radius 3 is 2.53 bits per heavy atom. The maximum Gasteiger partial charge on any atom is -0.0143 e. The first-order valence-electron chi connectivity index (χ1n) is 5.47. The summed E-state index contributed by atoms with van der Waals surface area (Å²) in [7, 11) is 0. The molecule has 0 aliphatic rings. The quantitative estimate of drug-likeness (QED) is 0.691. The molecule has 0 unspecified atom stereocenters. The smallest absolute Gasteiger partial charge is 0.0143 e. The molecule has 0 spiro atoms. The SMILES string of the molecule is CCCc1[c]cccc1-c1ccccc1. The summed E-state index contributed by atoms with van der Waals surface area (Å²) in [5, 5.41) is 0. The van der Waals surface area contributed by atoms with E-state index in [0.717, 1.165) is 6.42 Å². The highest BCUT2D eigenvalue weighted by atomic mass is 14.1. The largest absolute Gasteiger partial charge is 0.0651 e. The number of rotatable bonds is 3. The molecule has 1 radical (unpaired) electrons. The Kier molecular flexibility index (Phi) is 3.18. The molecule has 0 nitrogen and oxygen atoms in total. The summed E-state index contributed by atoms with van der Waals surface area (Å²) in [4.78, 5) is 0. The van der Waals surface area contributed by atoms with E-state index < -0.39 is 0 Å². The molecule has 2 aromatic rings. The van der Waals surface area contributed by atoms with Crippen LogP contribution in [0.25, 0.3) is 11.1 Å². The summed E-state index contributed by atoms with van der Waals surface area (Å²) in [6, 6.07) is 20.1. The van der Waals surface area contributed by atoms with Gasteiger partial charge in [-0.25, -0.2) is 0 Å². The Balaban J connectivity index is 2.43. The summed E-state index contributed by atoms with van der Waals surface area (Å²) in [6.07, 6.45) is 2.27. The van der Waals surface area contributed by atoms with E-state index in [0.29, 0.717) is 0 Å². The standard InChI is InChI=1S/C15H15/c1-2-8-13-11-6-7-12-15(13)14-9-4-3-5-10-14/h3-7,9-10,12H,2,8H2,1H3. The molecule has 0 atom stereocenters. The third-order valence-corrected chi connectivity index (χ3v) is 2.53. The molecular formula is C15H15. The second-order valence-electron chi connectivity index (χ2n) is 3.68. The normalized spacial score (nSPS) is 10.2. The van der Waals surface area contributed by atoms with Gasteiger partial charge in [0.05, 0.1) is 0 Å². The topological polar surface area (TPSA) is 0 Å². The molecule has 0 saturated carbocycles. The molecule has 0 aliphatic heterocycles. The van der Waals surface area contributed by atoms with E-state index in [1.807, 2.05) is 6.07 Å². The van der Waals surface area contributed by atoms with Crippen LogP contribution in [-0.4, -0.2) is 0 Å². The van der Waals surface area contributed by atoms with Crippen molar-refractivity contribution in [2.75, 3.05) is 0 Å². The van der Waals surface area contributed by atoms with Gasteiger partial charge in [0.25, 0.3) is 0 Å². The van der Waals surface area contributed by atoms with Crippen LogP contribution in [0.1, 0.15) is 18.9 Å². The van der Waals surface area contributed by atoms with Crippen molar-refractivity contribution in [2.45, 2.75) is 19.8 Å². The molecular weight excluding hydrogens is 180 g/mol. The van der Waals surface area contributed by atoms with Crippen molar-refractivity contribution in [3.8, 4) is 11.1 Å². The summed E-state index contributed by atoms with van der Waals surface area (Å²) >= 11 is 0. The highest BCUT2D eigenvalue weighted by molar-refractivity contribution is 5.66. The summed E-state index contributed by atoms with van der Waals surface area (Å²) in [6.45, 7) is 2.20. The fraction of sp³-hybridized carbons (Fsp3) is 0.200. The van der Waals surface area contributed by atoms with Crippen molar-refractivity contribution < 1.29 is 0 Å². The molecule has 0 bridgehead atoms. The maximum absolute atomic E-state index is 3.34. The Hall–Kier alpha value is -1.56. The van der Waals surface area contributed by atoms with Crippen LogP contribution in [0.2, 0.25) is 0 Å². The van der Waals surface area contributed by atoms with Crippen LogP contribution in [0.5, 0.6) is 0 Å². The molecule has 0 fully saturated rings. The van der Waals surface area contributed by atoms with E-state index in [4.69, 9.17) is 0 Å². The minimum atomic E-state index is 1.10. The van der Waals surface area contributed by atoms with E-state index in [1.165, 1.54) is 23.1 Å². The lowest BCUT2D eigenvalue weighted by atomic mass is 9.97. The van der Waals surface area contributed by atoms with E-state index >= 15 is 0 Å². The van der Waals surface area contributed by atoms with Gasteiger partial charge in [0.15, 0.2) is 0 Å². The number of benzene rings is 2. The lowest BCUT2D eigenvalue weighted by Gasteiger charge is -2.07. The van der Waals surface area contributed by atoms with Crippen LogP contribution < -0.4 is 0 Å². The average Bonchev–Trinajstić information content (AvgIpc) is 2.31. The minimum Gasteiger partial charge on any atom is -0.0651 e. The Morgan fingerprint density at radius 2 is 1.80 bits per heavy atom. The van der Waals surface area contributed by atoms with Crippen LogP contribution in [0.15, 0.2) is 48.5 Å². The molecule has 75 valence electrons. The lowest BCUT2D eigenvalue weighted by Crippen LogP contribution is -1.88. The molecule has 0 heterocycles. The molecule has 15 heavy (non-hydrogen) atoms. The van der Waals surface area contributed by atoms with Gasteiger partial charge < -0.3 is 0 Å². The number of hydrogen-bond acceptors (Lipinski definition) is 0. The van der Waals surface area contributed by atoms with Gasteiger partial charge in [0.1, 0.15) is 0 Å². The molecule has 2 aromatic carbocycles. The van der Waals surface area contributed by atoms with Crippen LogP contribution in [0.3, 0.4) is 0 Å². The predicted molar refractivity (Wildman–Crippen MR) is 64.7 cm³/mol. The van der Waals surface area contributed by atoms with Gasteiger partial charge in [0.2, 0.25) is 0 Å². The highest BCUT2D eigenvalue weighted by Gasteiger charge is 2.02. The van der Waals surface area contributed by atoms with Crippen molar-refractivity contribution in [3.63, 3.8) is 0 Å². The van der Waals surface area contributed by atoms with Crippen molar-refractivity contribution in [3.05, 3.63) is 60.2 Å². The fourth-order valence-corrected chi connectivity index (χ4v) is 1.82. The van der Waals surface area contributed by atoms with Gasteiger partial charge in [0, 0.05) is 0 Å². The summed E-state index contributed by atoms with van der Waals surface area (Å²) < 4.78 is 0. The molecule has 2 rings (SSSR count). The predicted octanol–water partition coefficient (Wildman–Crippen LogP) is 4.11. The van der Waals surface area contributed by atoms with Crippen LogP contribution >= 0.6 is 0 Å². The summed E-state index contributed by atoms with van der Waals surface area (Å²) in [5.41, 5.74) is 3.93. The monoisotopic (exact) mass is 195 g/mol. The minimum absolute atomic E-state index is 1.10. The third-order valence-electron chi connectivity index (χ3n) is 2.53. The van der Waals surface area contributed by atoms with Gasteiger partial charge in [-0.3, -0.25) is 0 Å². The first-order valence-corrected chi connectivity index (χ1v) is 5.47. The van der Waals surface area contributed by atoms with E-state index in [1.54, 1.807) is 0 Å². The highest BCUT2D eigenvalue weighted by Crippen LogP contribution is 2.23. The van der Waals surface area contributed by atoms with Gasteiger partial charge in [-0.05, 0) is 29.2 Å². The van der Waals surface area contributed by atoms with Crippen molar-refractivity contribution in [1.82, 2.24) is 0 Å². The zero-order valence-electron chi connectivity index (χ0n) is 9.03. The second kappa shape index (κ2) is 4.79. The van der Waals surface area contributed by atoms with E-state index in [-0.39, 0.29) is 0 Å². The summed E-state index contributed by atoms with van der Waals surface area (Å²) in [5.74, 6) is 0. The fourth-order valence-electron chi connectivity index (χ4n) is 1.82. The van der Waals surface area contributed by atoms with Crippen LogP contribution in [0, 0.1) is 6.07 Å². The van der Waals surface area contributed by atoms with Crippen LogP contribution in [-0.2, 0) is 6.42 Å². The Bertz CT molecular complexity index is 415. The zero-order chi connectivity index (χ0) is 10.5. The number of aryl methyl sites for hydroxylation is 1. The first-order chi connectivity index (χ1) is 7.42. The van der Waals surface area contributed by atoms with Gasteiger partial charge >= 0.3 is 0 Å². The van der Waals surface area contributed by atoms with Crippen LogP contribution in [0.4, 0.5) is 0 Å². The van der Waals surface area contributed by atoms with E-state index in [2.05, 4.69) is 55.5 Å². The molecule has 0 aliphatic carbocycles. The maximum atomic E-state index is 3.34. The third kappa shape index (κ3) is 2.27. The van der Waals surface area contributed by atoms with Gasteiger partial charge in [-0.1, -0.05) is 61.9 Å². The molecule has 0 heteroatoms. The van der Waals surface area contributed by atoms with E-state index in [9.17, 15) is 0 Å². The van der Waals surface area contributed by atoms with Crippen molar-refractivity contribution in [1.29, 1.82) is 0 Å². The van der Waals surface area contributed by atoms with Crippen molar-refractivity contribution in [2.24, 2.45) is 0 Å². The Morgan fingerprint density at radius 1 is 1.00 bits per heavy atom.